The van der Waals surface area contributed by atoms with E-state index in [9.17, 15) is 0 Å². The summed E-state index contributed by atoms with van der Waals surface area (Å²) in [6, 6.07) is 12.5. The molecule has 0 radical (unpaired) electrons. The Bertz CT molecular complexity index is 326. The summed E-state index contributed by atoms with van der Waals surface area (Å²) in [7, 11) is 0. The molecule has 1 nitrogen and oxygen atoms in total. The quantitative estimate of drug-likeness (QED) is 0.860. The van der Waals surface area contributed by atoms with Crippen molar-refractivity contribution in [2.45, 2.75) is 48.8 Å². The van der Waals surface area contributed by atoms with E-state index in [1.165, 1.54) is 37.0 Å². The number of benzene rings is 1. The van der Waals surface area contributed by atoms with Gasteiger partial charge in [-0.15, -0.1) is 0 Å². The van der Waals surface area contributed by atoms with Crippen molar-refractivity contribution in [2.75, 3.05) is 0 Å². The fourth-order valence-electron chi connectivity index (χ4n) is 2.93. The Kier molecular flexibility index (Phi) is 3.20. The van der Waals surface area contributed by atoms with Crippen LogP contribution < -0.4 is 5.32 Å². The molecule has 3 rings (SSSR count). The molecule has 2 atom stereocenters. The largest absolute Gasteiger partial charge is 0.311 e. The molecule has 1 aromatic carbocycles. The van der Waals surface area contributed by atoms with Gasteiger partial charge in [0, 0.05) is 23.1 Å². The van der Waals surface area contributed by atoms with E-state index in [-0.39, 0.29) is 0 Å². The Hall–Kier alpha value is -0.470. The third kappa shape index (κ3) is 2.44. The maximum absolute atomic E-state index is 3.71. The van der Waals surface area contributed by atoms with E-state index in [4.69, 9.17) is 0 Å². The third-order valence-electron chi connectivity index (χ3n) is 3.76. The van der Waals surface area contributed by atoms with Crippen LogP contribution in [0.5, 0.6) is 0 Å². The van der Waals surface area contributed by atoms with Gasteiger partial charge in [-0.1, -0.05) is 30.3 Å². The molecule has 2 aliphatic heterocycles. The average Bonchev–Trinajstić information content (AvgIpc) is 2.67. The second-order valence-electron chi connectivity index (χ2n) is 5.03. The van der Waals surface area contributed by atoms with Crippen molar-refractivity contribution in [3.05, 3.63) is 35.9 Å². The number of hydrogen-bond acceptors (Lipinski definition) is 2. The van der Waals surface area contributed by atoms with Crippen LogP contribution in [0.1, 0.15) is 31.2 Å². The van der Waals surface area contributed by atoms with Gasteiger partial charge in [0.1, 0.15) is 0 Å². The van der Waals surface area contributed by atoms with Gasteiger partial charge in [-0.3, -0.25) is 0 Å². The summed E-state index contributed by atoms with van der Waals surface area (Å²) >= 11 is 2.16. The van der Waals surface area contributed by atoms with Gasteiger partial charge in [0.05, 0.1) is 0 Å². The molecule has 2 heteroatoms. The van der Waals surface area contributed by atoms with Gasteiger partial charge in [0.25, 0.3) is 0 Å². The molecule has 0 amide bonds. The zero-order chi connectivity index (χ0) is 10.8. The first-order valence-electron chi connectivity index (χ1n) is 6.32. The number of rotatable bonds is 3. The van der Waals surface area contributed by atoms with E-state index in [0.29, 0.717) is 0 Å². The predicted octanol–water partition coefficient (Wildman–Crippen LogP) is 3.20. The van der Waals surface area contributed by atoms with E-state index in [1.807, 2.05) is 0 Å². The normalized spacial score (nSPS) is 32.9. The van der Waals surface area contributed by atoms with Crippen LogP contribution in [0.25, 0.3) is 0 Å². The molecule has 1 aromatic rings. The molecule has 2 fully saturated rings. The highest BCUT2D eigenvalue weighted by atomic mass is 32.2. The molecule has 0 spiro atoms. The van der Waals surface area contributed by atoms with Crippen LogP contribution in [0, 0.1) is 0 Å². The Morgan fingerprint density at radius 2 is 1.75 bits per heavy atom. The minimum Gasteiger partial charge on any atom is -0.311 e. The minimum atomic E-state index is 0.826. The van der Waals surface area contributed by atoms with Crippen molar-refractivity contribution in [1.82, 2.24) is 5.32 Å². The summed E-state index contributed by atoms with van der Waals surface area (Å²) < 4.78 is 0. The summed E-state index contributed by atoms with van der Waals surface area (Å²) in [6.07, 6.45) is 5.59. The SMILES string of the molecule is c1ccc(CSC2CC3CCC(C2)N3)cc1. The van der Waals surface area contributed by atoms with Crippen LogP contribution in [-0.4, -0.2) is 17.3 Å². The van der Waals surface area contributed by atoms with E-state index >= 15 is 0 Å². The van der Waals surface area contributed by atoms with Crippen molar-refractivity contribution >= 4 is 11.8 Å². The van der Waals surface area contributed by atoms with E-state index in [0.717, 1.165) is 17.3 Å². The van der Waals surface area contributed by atoms with Crippen LogP contribution in [-0.2, 0) is 5.75 Å². The van der Waals surface area contributed by atoms with E-state index in [1.54, 1.807) is 0 Å². The van der Waals surface area contributed by atoms with Crippen LogP contribution in [0.3, 0.4) is 0 Å². The van der Waals surface area contributed by atoms with Crippen molar-refractivity contribution in [1.29, 1.82) is 0 Å². The van der Waals surface area contributed by atoms with Crippen LogP contribution >= 0.6 is 11.8 Å². The maximum Gasteiger partial charge on any atom is 0.0187 e. The fraction of sp³-hybridized carbons (Fsp3) is 0.571. The molecule has 0 aliphatic carbocycles. The fourth-order valence-corrected chi connectivity index (χ4v) is 4.29. The van der Waals surface area contributed by atoms with Gasteiger partial charge in [0.2, 0.25) is 0 Å². The molecular formula is C14H19NS. The van der Waals surface area contributed by atoms with E-state index in [2.05, 4.69) is 47.4 Å². The number of thioether (sulfide) groups is 1. The molecule has 86 valence electrons. The first-order valence-corrected chi connectivity index (χ1v) is 7.36. The Morgan fingerprint density at radius 3 is 2.44 bits per heavy atom. The van der Waals surface area contributed by atoms with E-state index < -0.39 is 0 Å². The predicted molar refractivity (Wildman–Crippen MR) is 70.7 cm³/mol. The summed E-state index contributed by atoms with van der Waals surface area (Å²) in [4.78, 5) is 0. The third-order valence-corrected chi connectivity index (χ3v) is 5.11. The molecule has 16 heavy (non-hydrogen) atoms. The summed E-state index contributed by atoms with van der Waals surface area (Å²) in [5.74, 6) is 1.19. The molecule has 1 N–H and O–H groups in total. The molecule has 0 saturated carbocycles. The molecule has 2 heterocycles. The monoisotopic (exact) mass is 233 g/mol. The van der Waals surface area contributed by atoms with Gasteiger partial charge in [-0.25, -0.2) is 0 Å². The van der Waals surface area contributed by atoms with Crippen molar-refractivity contribution in [3.8, 4) is 0 Å². The second-order valence-corrected chi connectivity index (χ2v) is 6.32. The molecule has 0 aromatic heterocycles. The van der Waals surface area contributed by atoms with Gasteiger partial charge in [0.15, 0.2) is 0 Å². The van der Waals surface area contributed by atoms with Gasteiger partial charge in [-0.2, -0.15) is 11.8 Å². The lowest BCUT2D eigenvalue weighted by Gasteiger charge is -2.28. The summed E-state index contributed by atoms with van der Waals surface area (Å²) in [5.41, 5.74) is 1.47. The highest BCUT2D eigenvalue weighted by molar-refractivity contribution is 7.99. The Balaban J connectivity index is 1.52. The zero-order valence-electron chi connectivity index (χ0n) is 9.56. The zero-order valence-corrected chi connectivity index (χ0v) is 10.4. The Morgan fingerprint density at radius 1 is 1.06 bits per heavy atom. The minimum absolute atomic E-state index is 0.826. The lowest BCUT2D eigenvalue weighted by molar-refractivity contribution is 0.415. The van der Waals surface area contributed by atoms with Crippen LogP contribution in [0.15, 0.2) is 30.3 Å². The van der Waals surface area contributed by atoms with Gasteiger partial charge >= 0.3 is 0 Å². The van der Waals surface area contributed by atoms with Crippen LogP contribution in [0.4, 0.5) is 0 Å². The lowest BCUT2D eigenvalue weighted by atomic mass is 10.1. The number of hydrogen-bond donors (Lipinski definition) is 1. The Labute approximate surface area is 102 Å². The molecule has 2 unspecified atom stereocenters. The van der Waals surface area contributed by atoms with Gasteiger partial charge in [-0.05, 0) is 31.2 Å². The average molecular weight is 233 g/mol. The summed E-state index contributed by atoms with van der Waals surface area (Å²) in [6.45, 7) is 0. The number of piperidine rings is 1. The standard InChI is InChI=1S/C14H19NS/c1-2-4-11(5-3-1)10-16-14-8-12-6-7-13(9-14)15-12/h1-5,12-15H,6-10H2. The smallest absolute Gasteiger partial charge is 0.0187 e. The van der Waals surface area contributed by atoms with Crippen LogP contribution in [0.2, 0.25) is 0 Å². The summed E-state index contributed by atoms with van der Waals surface area (Å²) in [5, 5.41) is 4.59. The van der Waals surface area contributed by atoms with Crippen molar-refractivity contribution < 1.29 is 0 Å². The number of fused-ring (bicyclic) bond motifs is 2. The second kappa shape index (κ2) is 4.80. The molecule has 2 aliphatic rings. The number of nitrogens with one attached hydrogen (secondary N) is 1. The van der Waals surface area contributed by atoms with Gasteiger partial charge < -0.3 is 5.32 Å². The lowest BCUT2D eigenvalue weighted by Crippen LogP contribution is -2.39. The van der Waals surface area contributed by atoms with Crippen molar-refractivity contribution in [2.24, 2.45) is 0 Å². The molecular weight excluding hydrogens is 214 g/mol. The first-order chi connectivity index (χ1) is 7.90. The highest BCUT2D eigenvalue weighted by Crippen LogP contribution is 2.34. The molecule has 2 saturated heterocycles. The topological polar surface area (TPSA) is 12.0 Å². The maximum atomic E-state index is 3.71. The van der Waals surface area contributed by atoms with Crippen molar-refractivity contribution in [3.63, 3.8) is 0 Å². The highest BCUT2D eigenvalue weighted by Gasteiger charge is 2.33. The molecule has 2 bridgehead atoms. The first kappa shape index (κ1) is 10.7.